The lowest BCUT2D eigenvalue weighted by molar-refractivity contribution is -0.113. The van der Waals surface area contributed by atoms with Crippen LogP contribution in [0, 0.1) is 10.5 Å². The number of pyridine rings is 1. The molecule has 0 spiro atoms. The van der Waals surface area contributed by atoms with Crippen molar-refractivity contribution in [2.24, 2.45) is 0 Å². The maximum atomic E-state index is 12.3. The van der Waals surface area contributed by atoms with Crippen molar-refractivity contribution in [2.45, 2.75) is 12.1 Å². The van der Waals surface area contributed by atoms with E-state index in [0.717, 1.165) is 31.4 Å². The van der Waals surface area contributed by atoms with Crippen LogP contribution in [0.5, 0.6) is 0 Å². The molecule has 2 heterocycles. The Morgan fingerprint density at radius 3 is 2.73 bits per heavy atom. The maximum absolute atomic E-state index is 12.3. The molecule has 0 fully saturated rings. The second kappa shape index (κ2) is 7.24. The van der Waals surface area contributed by atoms with Gasteiger partial charge in [-0.3, -0.25) is 9.20 Å². The zero-order valence-corrected chi connectivity index (χ0v) is 16.9. The summed E-state index contributed by atoms with van der Waals surface area (Å²) in [5.41, 5.74) is 3.80. The molecule has 2 aromatic heterocycles. The van der Waals surface area contributed by atoms with Gasteiger partial charge in [-0.05, 0) is 71.5 Å². The lowest BCUT2D eigenvalue weighted by atomic mass is 10.1. The Hall–Kier alpha value is -2.13. The van der Waals surface area contributed by atoms with E-state index >= 15 is 0 Å². The summed E-state index contributed by atoms with van der Waals surface area (Å²) in [6, 6.07) is 17.9. The molecule has 0 saturated heterocycles. The van der Waals surface area contributed by atoms with Gasteiger partial charge in [-0.25, -0.2) is 0 Å². The number of aromatic nitrogens is 3. The van der Waals surface area contributed by atoms with Gasteiger partial charge in [-0.2, -0.15) is 0 Å². The molecule has 4 aromatic rings. The first kappa shape index (κ1) is 17.3. The van der Waals surface area contributed by atoms with Crippen molar-refractivity contribution in [3.63, 3.8) is 0 Å². The molecule has 0 aliphatic heterocycles. The molecule has 1 N–H and O–H groups in total. The Morgan fingerprint density at radius 1 is 1.15 bits per heavy atom. The fourth-order valence-electron chi connectivity index (χ4n) is 2.83. The number of fused-ring (bicyclic) bond motifs is 3. The number of rotatable bonds is 4. The number of benzene rings is 2. The highest BCUT2D eigenvalue weighted by molar-refractivity contribution is 14.1. The van der Waals surface area contributed by atoms with E-state index in [4.69, 9.17) is 0 Å². The summed E-state index contributed by atoms with van der Waals surface area (Å²) >= 11 is 3.62. The number of nitrogens with one attached hydrogen (secondary N) is 1. The van der Waals surface area contributed by atoms with E-state index in [0.29, 0.717) is 5.16 Å². The molecule has 26 heavy (non-hydrogen) atoms. The van der Waals surface area contributed by atoms with Gasteiger partial charge in [-0.1, -0.05) is 30.0 Å². The number of nitrogens with zero attached hydrogens (tertiary/aromatic N) is 3. The number of para-hydroxylation sites is 1. The molecular formula is C19H15IN4OS. The molecule has 7 heteroatoms. The Kier molecular flexibility index (Phi) is 4.82. The fraction of sp³-hybridized carbons (Fsp3) is 0.105. The van der Waals surface area contributed by atoms with Crippen LogP contribution < -0.4 is 5.32 Å². The fourth-order valence-corrected chi connectivity index (χ4v) is 3.94. The summed E-state index contributed by atoms with van der Waals surface area (Å²) in [4.78, 5) is 12.3. The monoisotopic (exact) mass is 474 g/mol. The zero-order chi connectivity index (χ0) is 18.1. The number of anilines is 1. The summed E-state index contributed by atoms with van der Waals surface area (Å²) in [6.07, 6.45) is 0. The molecule has 0 aliphatic carbocycles. The van der Waals surface area contributed by atoms with Crippen molar-refractivity contribution in [3.8, 4) is 0 Å². The van der Waals surface area contributed by atoms with Gasteiger partial charge in [0.1, 0.15) is 0 Å². The average Bonchev–Trinajstić information content (AvgIpc) is 3.05. The Labute approximate surface area is 168 Å². The van der Waals surface area contributed by atoms with Gasteiger partial charge in [0.05, 0.1) is 11.3 Å². The minimum Gasteiger partial charge on any atom is -0.325 e. The van der Waals surface area contributed by atoms with E-state index in [1.54, 1.807) is 0 Å². The first-order chi connectivity index (χ1) is 12.6. The standard InChI is InChI=1S/C19H15IN4OS/c1-12-10-17-22-23-19(24(17)16-5-3-2-4-15(12)16)26-11-18(25)21-14-8-6-13(20)7-9-14/h2-10H,11H2,1H3,(H,21,25). The Bertz CT molecular complexity index is 1110. The van der Waals surface area contributed by atoms with Crippen LogP contribution in [-0.2, 0) is 4.79 Å². The van der Waals surface area contributed by atoms with Crippen molar-refractivity contribution in [2.75, 3.05) is 11.1 Å². The number of carbonyl (C=O) groups excluding carboxylic acids is 1. The quantitative estimate of drug-likeness (QED) is 0.349. The van der Waals surface area contributed by atoms with Gasteiger partial charge < -0.3 is 5.32 Å². The van der Waals surface area contributed by atoms with Gasteiger partial charge >= 0.3 is 0 Å². The van der Waals surface area contributed by atoms with E-state index in [2.05, 4.69) is 57.2 Å². The molecule has 4 rings (SSSR count). The van der Waals surface area contributed by atoms with E-state index in [9.17, 15) is 4.79 Å². The molecule has 0 bridgehead atoms. The Balaban J connectivity index is 1.57. The lowest BCUT2D eigenvalue weighted by Gasteiger charge is -2.07. The highest BCUT2D eigenvalue weighted by atomic mass is 127. The first-order valence-electron chi connectivity index (χ1n) is 8.03. The summed E-state index contributed by atoms with van der Waals surface area (Å²) in [5.74, 6) is 0.207. The predicted molar refractivity (Wildman–Crippen MR) is 114 cm³/mol. The second-order valence-corrected chi connectivity index (χ2v) is 8.05. The number of carbonyl (C=O) groups is 1. The molecular weight excluding hydrogens is 459 g/mol. The number of aryl methyl sites for hydroxylation is 1. The number of hydrogen-bond donors (Lipinski definition) is 1. The molecule has 0 aliphatic rings. The average molecular weight is 474 g/mol. The number of halogens is 1. The first-order valence-corrected chi connectivity index (χ1v) is 10.1. The maximum Gasteiger partial charge on any atom is 0.234 e. The van der Waals surface area contributed by atoms with Crippen LogP contribution in [0.3, 0.4) is 0 Å². The minimum atomic E-state index is -0.0654. The SMILES string of the molecule is Cc1cc2nnc(SCC(=O)Nc3ccc(I)cc3)n2c2ccccc12. The van der Waals surface area contributed by atoms with Crippen LogP contribution in [-0.4, -0.2) is 26.3 Å². The van der Waals surface area contributed by atoms with Crippen molar-refractivity contribution >= 4 is 62.5 Å². The van der Waals surface area contributed by atoms with Crippen molar-refractivity contribution in [1.29, 1.82) is 0 Å². The molecule has 0 atom stereocenters. The molecule has 1 amide bonds. The van der Waals surface area contributed by atoms with Gasteiger partial charge in [0.25, 0.3) is 0 Å². The van der Waals surface area contributed by atoms with Gasteiger partial charge in [0.2, 0.25) is 5.91 Å². The van der Waals surface area contributed by atoms with Crippen molar-refractivity contribution in [3.05, 3.63) is 63.7 Å². The van der Waals surface area contributed by atoms with Crippen LogP contribution in [0.15, 0.2) is 59.8 Å². The summed E-state index contributed by atoms with van der Waals surface area (Å²) in [7, 11) is 0. The Morgan fingerprint density at radius 2 is 1.92 bits per heavy atom. The van der Waals surface area contributed by atoms with Crippen LogP contribution in [0.1, 0.15) is 5.56 Å². The summed E-state index contributed by atoms with van der Waals surface area (Å²) in [5, 5.41) is 13.3. The highest BCUT2D eigenvalue weighted by Gasteiger charge is 2.13. The minimum absolute atomic E-state index is 0.0654. The third kappa shape index (κ3) is 3.41. The van der Waals surface area contributed by atoms with Gasteiger partial charge in [-0.15, -0.1) is 10.2 Å². The molecule has 2 aromatic carbocycles. The third-order valence-electron chi connectivity index (χ3n) is 4.03. The molecule has 0 saturated carbocycles. The van der Waals surface area contributed by atoms with Gasteiger partial charge in [0.15, 0.2) is 10.8 Å². The molecule has 5 nitrogen and oxygen atoms in total. The second-order valence-electron chi connectivity index (χ2n) is 5.86. The van der Waals surface area contributed by atoms with Crippen LogP contribution in [0.25, 0.3) is 16.6 Å². The van der Waals surface area contributed by atoms with Crippen LogP contribution >= 0.6 is 34.4 Å². The molecule has 0 unspecified atom stereocenters. The normalized spacial score (nSPS) is 11.2. The number of hydrogen-bond acceptors (Lipinski definition) is 4. The predicted octanol–water partition coefficient (Wildman–Crippen LogP) is 4.53. The topological polar surface area (TPSA) is 59.3 Å². The third-order valence-corrected chi connectivity index (χ3v) is 5.68. The highest BCUT2D eigenvalue weighted by Crippen LogP contribution is 2.25. The van der Waals surface area contributed by atoms with Crippen LogP contribution in [0.4, 0.5) is 5.69 Å². The number of amides is 1. The zero-order valence-electron chi connectivity index (χ0n) is 13.9. The van der Waals surface area contributed by atoms with E-state index in [1.165, 1.54) is 11.8 Å². The van der Waals surface area contributed by atoms with E-state index in [-0.39, 0.29) is 11.7 Å². The lowest BCUT2D eigenvalue weighted by Crippen LogP contribution is -2.14. The summed E-state index contributed by atoms with van der Waals surface area (Å²) in [6.45, 7) is 2.07. The van der Waals surface area contributed by atoms with Crippen LogP contribution in [0.2, 0.25) is 0 Å². The smallest absolute Gasteiger partial charge is 0.234 e. The van der Waals surface area contributed by atoms with Crippen molar-refractivity contribution in [1.82, 2.24) is 14.6 Å². The summed E-state index contributed by atoms with van der Waals surface area (Å²) < 4.78 is 3.14. The molecule has 0 radical (unpaired) electrons. The largest absolute Gasteiger partial charge is 0.325 e. The number of thioether (sulfide) groups is 1. The van der Waals surface area contributed by atoms with E-state index in [1.807, 2.05) is 46.9 Å². The van der Waals surface area contributed by atoms with Crippen molar-refractivity contribution < 1.29 is 4.79 Å². The van der Waals surface area contributed by atoms with E-state index < -0.39 is 0 Å². The van der Waals surface area contributed by atoms with Gasteiger partial charge in [0, 0.05) is 14.6 Å². The molecule has 130 valence electrons.